The summed E-state index contributed by atoms with van der Waals surface area (Å²) in [5, 5.41) is 8.68. The van der Waals surface area contributed by atoms with E-state index >= 15 is 0 Å². The lowest BCUT2D eigenvalue weighted by atomic mass is 10.2. The first-order chi connectivity index (χ1) is 14.0. The minimum absolute atomic E-state index is 0.210. The van der Waals surface area contributed by atoms with Crippen molar-refractivity contribution in [2.45, 2.75) is 6.54 Å². The van der Waals surface area contributed by atoms with Crippen molar-refractivity contribution in [3.05, 3.63) is 76.9 Å². The molecule has 2 heterocycles. The highest BCUT2D eigenvalue weighted by Gasteiger charge is 2.13. The van der Waals surface area contributed by atoms with Gasteiger partial charge in [-0.3, -0.25) is 14.3 Å². The number of primary amides is 1. The number of hydrogen-bond donors (Lipinski definition) is 2. The Labute approximate surface area is 170 Å². The molecule has 8 nitrogen and oxygen atoms in total. The number of ether oxygens (including phenoxy) is 1. The Kier molecular flexibility index (Phi) is 6.54. The molecule has 0 fully saturated rings. The number of thiophene rings is 1. The van der Waals surface area contributed by atoms with E-state index in [1.54, 1.807) is 28.5 Å². The Hall–Kier alpha value is -3.72. The van der Waals surface area contributed by atoms with Gasteiger partial charge in [0, 0.05) is 17.8 Å². The first kappa shape index (κ1) is 20.0. The van der Waals surface area contributed by atoms with E-state index in [1.165, 1.54) is 12.1 Å². The second-order valence-corrected chi connectivity index (χ2v) is 6.89. The van der Waals surface area contributed by atoms with E-state index < -0.39 is 24.4 Å². The Morgan fingerprint density at radius 1 is 1.21 bits per heavy atom. The highest BCUT2D eigenvalue weighted by atomic mass is 32.1. The lowest BCUT2D eigenvalue weighted by Crippen LogP contribution is -2.21. The summed E-state index contributed by atoms with van der Waals surface area (Å²) in [5.74, 6) is -1.88. The number of aromatic nitrogens is 2. The lowest BCUT2D eigenvalue weighted by Gasteiger charge is -2.04. The average molecular weight is 410 g/mol. The van der Waals surface area contributed by atoms with Crippen LogP contribution in [0.1, 0.15) is 21.5 Å². The normalized spacial score (nSPS) is 10.8. The van der Waals surface area contributed by atoms with Gasteiger partial charge in [-0.2, -0.15) is 5.10 Å². The van der Waals surface area contributed by atoms with Gasteiger partial charge in [-0.1, -0.05) is 30.3 Å². The quantitative estimate of drug-likeness (QED) is 0.437. The van der Waals surface area contributed by atoms with Crippen LogP contribution in [0.5, 0.6) is 0 Å². The Morgan fingerprint density at radius 2 is 2.00 bits per heavy atom. The Bertz CT molecular complexity index is 1040. The standard InChI is InChI=1S/C20H18N4O4S/c21-19(27)16-8-9-29-20(16)23-17(25)13-28-18(26)7-6-15-10-22-24(12-15)11-14-4-2-1-3-5-14/h1-10,12H,11,13H2,(H2,21,27)(H,23,25)/b7-6+. The largest absolute Gasteiger partial charge is 0.452 e. The molecule has 3 aromatic rings. The van der Waals surface area contributed by atoms with Crippen LogP contribution in [-0.4, -0.2) is 34.2 Å². The predicted octanol–water partition coefficient (Wildman–Crippen LogP) is 2.29. The van der Waals surface area contributed by atoms with Gasteiger partial charge in [0.15, 0.2) is 6.61 Å². The fourth-order valence-corrected chi connectivity index (χ4v) is 3.24. The number of anilines is 1. The van der Waals surface area contributed by atoms with E-state index in [2.05, 4.69) is 10.4 Å². The van der Waals surface area contributed by atoms with E-state index in [0.717, 1.165) is 22.5 Å². The van der Waals surface area contributed by atoms with E-state index in [4.69, 9.17) is 10.5 Å². The van der Waals surface area contributed by atoms with Crippen LogP contribution in [0, 0.1) is 0 Å². The van der Waals surface area contributed by atoms with E-state index in [1.807, 2.05) is 30.3 Å². The number of rotatable bonds is 8. The van der Waals surface area contributed by atoms with Gasteiger partial charge >= 0.3 is 5.97 Å². The van der Waals surface area contributed by atoms with Crippen molar-refractivity contribution in [1.29, 1.82) is 0 Å². The van der Waals surface area contributed by atoms with Crippen LogP contribution in [0.15, 0.2) is 60.2 Å². The summed E-state index contributed by atoms with van der Waals surface area (Å²) in [6.45, 7) is 0.141. The predicted molar refractivity (Wildman–Crippen MR) is 109 cm³/mol. The van der Waals surface area contributed by atoms with Crippen molar-refractivity contribution in [3.63, 3.8) is 0 Å². The summed E-state index contributed by atoms with van der Waals surface area (Å²) >= 11 is 1.15. The molecule has 0 spiro atoms. The first-order valence-corrected chi connectivity index (χ1v) is 9.47. The van der Waals surface area contributed by atoms with Gasteiger partial charge in [0.25, 0.3) is 11.8 Å². The molecule has 2 aromatic heterocycles. The minimum atomic E-state index is -0.669. The van der Waals surface area contributed by atoms with Crippen molar-refractivity contribution in [1.82, 2.24) is 9.78 Å². The number of nitrogens with one attached hydrogen (secondary N) is 1. The van der Waals surface area contributed by atoms with Crippen molar-refractivity contribution in [2.75, 3.05) is 11.9 Å². The maximum atomic E-state index is 11.9. The molecule has 0 saturated heterocycles. The molecule has 0 aliphatic heterocycles. The molecule has 2 amide bonds. The second kappa shape index (κ2) is 9.47. The van der Waals surface area contributed by atoms with Crippen molar-refractivity contribution in [2.24, 2.45) is 5.73 Å². The van der Waals surface area contributed by atoms with Gasteiger partial charge in [0.2, 0.25) is 0 Å². The molecule has 1 aromatic carbocycles. The monoisotopic (exact) mass is 410 g/mol. The molecule has 0 saturated carbocycles. The molecule has 0 aliphatic rings. The summed E-state index contributed by atoms with van der Waals surface area (Å²) in [6, 6.07) is 11.4. The Morgan fingerprint density at radius 3 is 2.76 bits per heavy atom. The lowest BCUT2D eigenvalue weighted by molar-refractivity contribution is -0.142. The van der Waals surface area contributed by atoms with Gasteiger partial charge in [-0.05, 0) is 23.1 Å². The van der Waals surface area contributed by atoms with E-state index in [9.17, 15) is 14.4 Å². The zero-order valence-electron chi connectivity index (χ0n) is 15.3. The molecule has 0 radical (unpaired) electrons. The highest BCUT2D eigenvalue weighted by Crippen LogP contribution is 2.22. The second-order valence-electron chi connectivity index (χ2n) is 5.97. The van der Waals surface area contributed by atoms with Crippen LogP contribution in [0.25, 0.3) is 6.08 Å². The fraction of sp³-hybridized carbons (Fsp3) is 0.100. The van der Waals surface area contributed by atoms with E-state index in [-0.39, 0.29) is 5.56 Å². The molecule has 0 unspecified atom stereocenters. The van der Waals surface area contributed by atoms with Gasteiger partial charge in [-0.15, -0.1) is 11.3 Å². The number of esters is 1. The first-order valence-electron chi connectivity index (χ1n) is 8.59. The third-order valence-electron chi connectivity index (χ3n) is 3.78. The number of carbonyl (C=O) groups excluding carboxylic acids is 3. The highest BCUT2D eigenvalue weighted by molar-refractivity contribution is 7.14. The minimum Gasteiger partial charge on any atom is -0.452 e. The molecule has 29 heavy (non-hydrogen) atoms. The van der Waals surface area contributed by atoms with Gasteiger partial charge in [-0.25, -0.2) is 4.79 Å². The van der Waals surface area contributed by atoms with Crippen LogP contribution in [0.4, 0.5) is 5.00 Å². The maximum Gasteiger partial charge on any atom is 0.331 e. The topological polar surface area (TPSA) is 116 Å². The number of amides is 2. The van der Waals surface area contributed by atoms with Crippen molar-refractivity contribution >= 4 is 40.2 Å². The molecule has 3 rings (SSSR count). The SMILES string of the molecule is NC(=O)c1ccsc1NC(=O)COC(=O)/C=C/c1cnn(Cc2ccccc2)c1. The third-order valence-corrected chi connectivity index (χ3v) is 4.61. The van der Waals surface area contributed by atoms with Crippen LogP contribution in [0.3, 0.4) is 0 Å². The number of carbonyl (C=O) groups is 3. The van der Waals surface area contributed by atoms with E-state index in [0.29, 0.717) is 11.5 Å². The van der Waals surface area contributed by atoms with Crippen molar-refractivity contribution < 1.29 is 19.1 Å². The van der Waals surface area contributed by atoms with Crippen LogP contribution in [-0.2, 0) is 20.9 Å². The smallest absolute Gasteiger partial charge is 0.331 e. The van der Waals surface area contributed by atoms with Crippen LogP contribution in [0.2, 0.25) is 0 Å². The average Bonchev–Trinajstić information content (AvgIpc) is 3.35. The number of benzene rings is 1. The number of nitrogens with zero attached hydrogens (tertiary/aromatic N) is 2. The fourth-order valence-electron chi connectivity index (χ4n) is 2.43. The zero-order valence-corrected chi connectivity index (χ0v) is 16.1. The molecule has 0 aliphatic carbocycles. The summed E-state index contributed by atoms with van der Waals surface area (Å²) in [7, 11) is 0. The van der Waals surface area contributed by atoms with Gasteiger partial charge in [0.05, 0.1) is 18.3 Å². The van der Waals surface area contributed by atoms with Gasteiger partial charge < -0.3 is 15.8 Å². The molecular formula is C20H18N4O4S. The molecule has 0 bridgehead atoms. The van der Waals surface area contributed by atoms with Gasteiger partial charge in [0.1, 0.15) is 5.00 Å². The molecule has 0 atom stereocenters. The molecule has 9 heteroatoms. The Balaban J connectivity index is 1.47. The van der Waals surface area contributed by atoms with Crippen molar-refractivity contribution in [3.8, 4) is 0 Å². The number of hydrogen-bond acceptors (Lipinski definition) is 6. The van der Waals surface area contributed by atoms with Crippen LogP contribution < -0.4 is 11.1 Å². The number of nitrogens with two attached hydrogens (primary N) is 1. The maximum absolute atomic E-state index is 11.9. The molecular weight excluding hydrogens is 392 g/mol. The summed E-state index contributed by atoms with van der Waals surface area (Å²) in [5.41, 5.74) is 7.26. The third kappa shape index (κ3) is 5.88. The summed E-state index contributed by atoms with van der Waals surface area (Å²) < 4.78 is 6.66. The summed E-state index contributed by atoms with van der Waals surface area (Å²) in [6.07, 6.45) is 6.20. The molecule has 148 valence electrons. The molecule has 3 N–H and O–H groups in total. The van der Waals surface area contributed by atoms with Crippen LogP contribution >= 0.6 is 11.3 Å². The summed E-state index contributed by atoms with van der Waals surface area (Å²) in [4.78, 5) is 34.9. The zero-order chi connectivity index (χ0) is 20.6.